The first-order valence-corrected chi connectivity index (χ1v) is 10.7. The zero-order chi connectivity index (χ0) is 22.4. The second kappa shape index (κ2) is 7.77. The predicted molar refractivity (Wildman–Crippen MR) is 114 cm³/mol. The zero-order valence-electron chi connectivity index (χ0n) is 17.7. The van der Waals surface area contributed by atoms with E-state index >= 15 is 0 Å². The third kappa shape index (κ3) is 3.61. The number of amides is 5. The minimum Gasteiger partial charge on any atom is -0.324 e. The number of urea groups is 1. The van der Waals surface area contributed by atoms with Gasteiger partial charge < -0.3 is 15.1 Å². The molecule has 1 aromatic carbocycles. The Morgan fingerprint density at radius 1 is 1.22 bits per heavy atom. The molecule has 1 aromatic heterocycles. The van der Waals surface area contributed by atoms with E-state index in [9.17, 15) is 19.2 Å². The summed E-state index contributed by atoms with van der Waals surface area (Å²) in [5, 5.41) is 9.44. The molecule has 2 unspecified atom stereocenters. The number of carbonyl (C=O) groups excluding carboxylic acids is 4. The number of anilines is 1. The van der Waals surface area contributed by atoms with Crippen LogP contribution in [0, 0.1) is 0 Å². The third-order valence-electron chi connectivity index (χ3n) is 6.45. The molecule has 32 heavy (non-hydrogen) atoms. The number of imide groups is 1. The highest BCUT2D eigenvalue weighted by Gasteiger charge is 2.39. The van der Waals surface area contributed by atoms with E-state index in [-0.39, 0.29) is 36.7 Å². The fourth-order valence-corrected chi connectivity index (χ4v) is 4.72. The Morgan fingerprint density at radius 2 is 2.06 bits per heavy atom. The molecule has 0 aliphatic carbocycles. The Labute approximate surface area is 184 Å². The second-order valence-corrected chi connectivity index (χ2v) is 8.58. The van der Waals surface area contributed by atoms with Gasteiger partial charge in [-0.25, -0.2) is 4.79 Å². The molecule has 2 saturated heterocycles. The van der Waals surface area contributed by atoms with Crippen LogP contribution >= 0.6 is 0 Å². The molecular formula is C22H24N6O4. The Kier molecular flexibility index (Phi) is 4.91. The van der Waals surface area contributed by atoms with Crippen molar-refractivity contribution in [2.75, 3.05) is 18.4 Å². The number of piperidine rings is 1. The van der Waals surface area contributed by atoms with Crippen molar-refractivity contribution in [2.24, 2.45) is 7.05 Å². The SMILES string of the molecule is Cn1cc(C2CCN(C(=O)Nc3ccc4c(c3)CN(C3CCC(=O)NC3=O)C4=O)C2)cn1. The van der Waals surface area contributed by atoms with Gasteiger partial charge in [0.05, 0.1) is 6.20 Å². The maximum absolute atomic E-state index is 12.8. The quantitative estimate of drug-likeness (QED) is 0.702. The predicted octanol–water partition coefficient (Wildman–Crippen LogP) is 1.20. The van der Waals surface area contributed by atoms with Gasteiger partial charge >= 0.3 is 6.03 Å². The molecule has 3 aliphatic rings. The van der Waals surface area contributed by atoms with Crippen LogP contribution in [0.25, 0.3) is 0 Å². The normalized spacial score (nSPS) is 22.8. The van der Waals surface area contributed by atoms with E-state index in [1.165, 1.54) is 4.90 Å². The average molecular weight is 436 g/mol. The average Bonchev–Trinajstić information content (AvgIpc) is 3.47. The van der Waals surface area contributed by atoms with Crippen molar-refractivity contribution in [3.63, 3.8) is 0 Å². The third-order valence-corrected chi connectivity index (χ3v) is 6.45. The summed E-state index contributed by atoms with van der Waals surface area (Å²) in [6.45, 7) is 1.57. The lowest BCUT2D eigenvalue weighted by Crippen LogP contribution is -2.52. The molecule has 0 saturated carbocycles. The van der Waals surface area contributed by atoms with E-state index in [0.717, 1.165) is 17.5 Å². The van der Waals surface area contributed by atoms with Gasteiger partial charge in [-0.2, -0.15) is 5.10 Å². The van der Waals surface area contributed by atoms with Gasteiger partial charge in [-0.3, -0.25) is 24.4 Å². The standard InChI is InChI=1S/C22H24N6O4/c1-26-10-15(9-23-26)13-6-7-27(11-13)22(32)24-16-2-3-17-14(8-16)12-28(21(17)31)18-4-5-19(29)25-20(18)30/h2-3,8-10,13,18H,4-7,11-12H2,1H3,(H,24,32)(H,25,29,30). The number of aromatic nitrogens is 2. The van der Waals surface area contributed by atoms with E-state index in [2.05, 4.69) is 15.7 Å². The molecule has 10 nitrogen and oxygen atoms in total. The van der Waals surface area contributed by atoms with Gasteiger partial charge in [0, 0.05) is 56.5 Å². The fraction of sp³-hybridized carbons (Fsp3) is 0.409. The number of nitrogens with one attached hydrogen (secondary N) is 2. The molecule has 5 amide bonds. The monoisotopic (exact) mass is 436 g/mol. The van der Waals surface area contributed by atoms with Crippen LogP contribution in [-0.4, -0.2) is 62.5 Å². The highest BCUT2D eigenvalue weighted by atomic mass is 16.2. The summed E-state index contributed by atoms with van der Waals surface area (Å²) < 4.78 is 1.77. The molecule has 3 aliphatic heterocycles. The van der Waals surface area contributed by atoms with Crippen molar-refractivity contribution in [1.82, 2.24) is 24.9 Å². The Bertz CT molecular complexity index is 1130. The van der Waals surface area contributed by atoms with E-state index < -0.39 is 11.9 Å². The molecule has 0 bridgehead atoms. The first kappa shape index (κ1) is 20.2. The van der Waals surface area contributed by atoms with Crippen LogP contribution in [0.3, 0.4) is 0 Å². The lowest BCUT2D eigenvalue weighted by atomic mass is 10.0. The maximum Gasteiger partial charge on any atom is 0.321 e. The molecule has 5 rings (SSSR count). The minimum atomic E-state index is -0.653. The van der Waals surface area contributed by atoms with Gasteiger partial charge in [-0.1, -0.05) is 0 Å². The molecule has 4 heterocycles. The summed E-state index contributed by atoms with van der Waals surface area (Å²) in [5.74, 6) is -0.707. The number of hydrogen-bond donors (Lipinski definition) is 2. The molecule has 10 heteroatoms. The number of fused-ring (bicyclic) bond motifs is 1. The topological polar surface area (TPSA) is 117 Å². The van der Waals surface area contributed by atoms with Crippen molar-refractivity contribution in [3.05, 3.63) is 47.3 Å². The van der Waals surface area contributed by atoms with Crippen LogP contribution in [0.1, 0.15) is 46.7 Å². The Hall–Kier alpha value is -3.69. The van der Waals surface area contributed by atoms with Gasteiger partial charge in [-0.15, -0.1) is 0 Å². The summed E-state index contributed by atoms with van der Waals surface area (Å²) >= 11 is 0. The summed E-state index contributed by atoms with van der Waals surface area (Å²) in [6.07, 6.45) is 5.25. The molecule has 2 aromatic rings. The highest BCUT2D eigenvalue weighted by Crippen LogP contribution is 2.30. The molecule has 166 valence electrons. The van der Waals surface area contributed by atoms with Crippen LogP contribution in [0.5, 0.6) is 0 Å². The van der Waals surface area contributed by atoms with Gasteiger partial charge in [0.1, 0.15) is 6.04 Å². The summed E-state index contributed by atoms with van der Waals surface area (Å²) in [5.41, 5.74) is 3.02. The number of hydrogen-bond acceptors (Lipinski definition) is 5. The van der Waals surface area contributed by atoms with Crippen LogP contribution < -0.4 is 10.6 Å². The zero-order valence-corrected chi connectivity index (χ0v) is 17.7. The number of likely N-dealkylation sites (tertiary alicyclic amines) is 1. The molecule has 2 fully saturated rings. The molecule has 0 spiro atoms. The summed E-state index contributed by atoms with van der Waals surface area (Å²) in [4.78, 5) is 52.4. The van der Waals surface area contributed by atoms with E-state index in [4.69, 9.17) is 0 Å². The van der Waals surface area contributed by atoms with E-state index in [1.54, 1.807) is 27.8 Å². The first-order valence-electron chi connectivity index (χ1n) is 10.7. The van der Waals surface area contributed by atoms with Crippen LogP contribution in [0.15, 0.2) is 30.6 Å². The van der Waals surface area contributed by atoms with Crippen LogP contribution in [-0.2, 0) is 23.2 Å². The molecule has 2 N–H and O–H groups in total. The lowest BCUT2D eigenvalue weighted by Gasteiger charge is -2.29. The van der Waals surface area contributed by atoms with Gasteiger partial charge in [0.25, 0.3) is 5.91 Å². The van der Waals surface area contributed by atoms with E-state index in [0.29, 0.717) is 30.8 Å². The van der Waals surface area contributed by atoms with Crippen LogP contribution in [0.4, 0.5) is 10.5 Å². The van der Waals surface area contributed by atoms with Crippen molar-refractivity contribution in [3.8, 4) is 0 Å². The molecule has 2 atom stereocenters. The minimum absolute atomic E-state index is 0.178. The summed E-state index contributed by atoms with van der Waals surface area (Å²) in [6, 6.07) is 4.34. The van der Waals surface area contributed by atoms with E-state index in [1.807, 2.05) is 19.4 Å². The molecular weight excluding hydrogens is 412 g/mol. The number of aryl methyl sites for hydroxylation is 1. The van der Waals surface area contributed by atoms with Crippen LogP contribution in [0.2, 0.25) is 0 Å². The highest BCUT2D eigenvalue weighted by molar-refractivity contribution is 6.05. The van der Waals surface area contributed by atoms with Gasteiger partial charge in [0.2, 0.25) is 11.8 Å². The number of carbonyl (C=O) groups is 4. The lowest BCUT2D eigenvalue weighted by molar-refractivity contribution is -0.136. The molecule has 0 radical (unpaired) electrons. The number of benzene rings is 1. The second-order valence-electron chi connectivity index (χ2n) is 8.58. The first-order chi connectivity index (χ1) is 15.4. The van der Waals surface area contributed by atoms with Crippen molar-refractivity contribution < 1.29 is 19.2 Å². The summed E-state index contributed by atoms with van der Waals surface area (Å²) in [7, 11) is 1.88. The number of rotatable bonds is 3. The maximum atomic E-state index is 12.8. The number of nitrogens with zero attached hydrogens (tertiary/aromatic N) is 4. The van der Waals surface area contributed by atoms with Gasteiger partial charge in [0.15, 0.2) is 0 Å². The fourth-order valence-electron chi connectivity index (χ4n) is 4.72. The largest absolute Gasteiger partial charge is 0.324 e. The van der Waals surface area contributed by atoms with Gasteiger partial charge in [-0.05, 0) is 42.2 Å². The Morgan fingerprint density at radius 3 is 2.81 bits per heavy atom. The Balaban J connectivity index is 1.24. The van der Waals surface area contributed by atoms with Crippen molar-refractivity contribution in [1.29, 1.82) is 0 Å². The smallest absolute Gasteiger partial charge is 0.321 e. The van der Waals surface area contributed by atoms with Crippen molar-refractivity contribution >= 4 is 29.4 Å². The van der Waals surface area contributed by atoms with Crippen molar-refractivity contribution in [2.45, 2.75) is 37.8 Å².